The molecule has 2 rings (SSSR count). The Morgan fingerprint density at radius 1 is 1.26 bits per heavy atom. The maximum absolute atomic E-state index is 11.3. The Morgan fingerprint density at radius 2 is 1.95 bits per heavy atom. The Hall–Kier alpha value is -2.70. The Balaban J connectivity index is 2.29. The van der Waals surface area contributed by atoms with Crippen molar-refractivity contribution >= 4 is 11.8 Å². The van der Waals surface area contributed by atoms with E-state index in [0.29, 0.717) is 5.56 Å². The Bertz CT molecular complexity index is 594. The van der Waals surface area contributed by atoms with Crippen molar-refractivity contribution in [2.45, 2.75) is 13.0 Å². The average molecular weight is 260 g/mol. The number of aromatic nitrogens is 2. The summed E-state index contributed by atoms with van der Waals surface area (Å²) in [5.74, 6) is -0.963. The Morgan fingerprint density at radius 3 is 2.53 bits per heavy atom. The molecule has 1 atom stereocenters. The number of carbonyl (C=O) groups excluding carboxylic acids is 2. The number of nitrogens with one attached hydrogen (secondary N) is 1. The summed E-state index contributed by atoms with van der Waals surface area (Å²) < 4.78 is 5.36. The van der Waals surface area contributed by atoms with Crippen LogP contribution in [0, 0.1) is 0 Å². The number of nitrogens with zero attached hydrogens (tertiary/aromatic N) is 2. The lowest BCUT2D eigenvalue weighted by molar-refractivity contribution is -0.126. The van der Waals surface area contributed by atoms with Gasteiger partial charge in [0.05, 0.1) is 0 Å². The van der Waals surface area contributed by atoms with E-state index >= 15 is 0 Å². The number of hydrogen-bond acceptors (Lipinski definition) is 5. The molecule has 19 heavy (non-hydrogen) atoms. The third-order valence-corrected chi connectivity index (χ3v) is 2.34. The number of amides is 2. The number of benzene rings is 1. The van der Waals surface area contributed by atoms with Crippen LogP contribution < -0.4 is 11.1 Å². The van der Waals surface area contributed by atoms with Gasteiger partial charge in [0.2, 0.25) is 23.6 Å². The predicted molar refractivity (Wildman–Crippen MR) is 65.5 cm³/mol. The van der Waals surface area contributed by atoms with Crippen LogP contribution in [0.2, 0.25) is 0 Å². The zero-order valence-corrected chi connectivity index (χ0v) is 10.2. The molecule has 3 N–H and O–H groups in total. The van der Waals surface area contributed by atoms with Crippen LogP contribution >= 0.6 is 0 Å². The van der Waals surface area contributed by atoms with Crippen LogP contribution in [0.1, 0.15) is 18.9 Å². The first kappa shape index (κ1) is 12.7. The highest BCUT2D eigenvalue weighted by Gasteiger charge is 2.25. The van der Waals surface area contributed by atoms with E-state index < -0.39 is 17.9 Å². The van der Waals surface area contributed by atoms with E-state index in [1.165, 1.54) is 6.92 Å². The topological polar surface area (TPSA) is 111 Å². The molecule has 2 amide bonds. The molecule has 0 aliphatic rings. The van der Waals surface area contributed by atoms with Crippen LogP contribution in [-0.4, -0.2) is 22.0 Å². The molecule has 0 bridgehead atoms. The fourth-order valence-electron chi connectivity index (χ4n) is 1.51. The summed E-state index contributed by atoms with van der Waals surface area (Å²) in [4.78, 5) is 22.3. The van der Waals surface area contributed by atoms with Crippen LogP contribution in [0.3, 0.4) is 0 Å². The van der Waals surface area contributed by atoms with Gasteiger partial charge in [0.1, 0.15) is 0 Å². The minimum absolute atomic E-state index is 0.0402. The van der Waals surface area contributed by atoms with Crippen LogP contribution in [-0.2, 0) is 9.59 Å². The first-order chi connectivity index (χ1) is 9.08. The molecule has 0 fully saturated rings. The molecular formula is C12H12N4O3. The van der Waals surface area contributed by atoms with Crippen LogP contribution in [0.4, 0.5) is 0 Å². The molecule has 0 aliphatic heterocycles. The molecule has 0 saturated carbocycles. The molecule has 0 saturated heterocycles. The van der Waals surface area contributed by atoms with Gasteiger partial charge in [-0.3, -0.25) is 9.59 Å². The van der Waals surface area contributed by atoms with Gasteiger partial charge in [0.25, 0.3) is 0 Å². The number of carbonyl (C=O) groups is 2. The summed E-state index contributed by atoms with van der Waals surface area (Å²) in [5, 5.41) is 9.91. The van der Waals surface area contributed by atoms with Gasteiger partial charge in [0, 0.05) is 12.5 Å². The molecule has 0 spiro atoms. The number of rotatable bonds is 4. The monoisotopic (exact) mass is 260 g/mol. The molecular weight excluding hydrogens is 248 g/mol. The molecule has 1 aromatic heterocycles. The lowest BCUT2D eigenvalue weighted by Crippen LogP contribution is -2.36. The molecule has 1 aromatic carbocycles. The largest absolute Gasteiger partial charge is 0.418 e. The molecule has 1 heterocycles. The predicted octanol–water partition coefficient (Wildman–Crippen LogP) is 0.399. The second-order valence-corrected chi connectivity index (χ2v) is 3.85. The average Bonchev–Trinajstić information content (AvgIpc) is 2.86. The van der Waals surface area contributed by atoms with Gasteiger partial charge in [0.15, 0.2) is 6.04 Å². The maximum Gasteiger partial charge on any atom is 0.249 e. The van der Waals surface area contributed by atoms with Crippen molar-refractivity contribution in [1.29, 1.82) is 0 Å². The van der Waals surface area contributed by atoms with Gasteiger partial charge in [-0.15, -0.1) is 10.2 Å². The summed E-state index contributed by atoms with van der Waals surface area (Å²) in [6.07, 6.45) is 0. The van der Waals surface area contributed by atoms with Crippen molar-refractivity contribution < 1.29 is 14.0 Å². The van der Waals surface area contributed by atoms with Crippen LogP contribution in [0.15, 0.2) is 34.7 Å². The van der Waals surface area contributed by atoms with Crippen molar-refractivity contribution in [2.75, 3.05) is 0 Å². The fraction of sp³-hybridized carbons (Fsp3) is 0.167. The van der Waals surface area contributed by atoms with Crippen LogP contribution in [0.5, 0.6) is 0 Å². The van der Waals surface area contributed by atoms with E-state index in [2.05, 4.69) is 15.5 Å². The minimum atomic E-state index is -1.12. The zero-order chi connectivity index (χ0) is 13.8. The van der Waals surface area contributed by atoms with Crippen molar-refractivity contribution in [3.05, 3.63) is 36.2 Å². The highest BCUT2D eigenvalue weighted by Crippen LogP contribution is 2.20. The van der Waals surface area contributed by atoms with E-state index in [0.717, 1.165) is 0 Å². The number of primary amides is 1. The van der Waals surface area contributed by atoms with E-state index in [1.54, 1.807) is 12.1 Å². The standard InChI is InChI=1S/C12H12N4O3/c1-7(17)14-9(10(13)18)12-16-15-11(19-12)8-5-3-2-4-6-8/h2-6,9H,1H3,(H2,13,18)(H,14,17)/t9-/m1/s1. The summed E-state index contributed by atoms with van der Waals surface area (Å²) in [6, 6.07) is 7.94. The first-order valence-electron chi connectivity index (χ1n) is 5.53. The number of nitrogens with two attached hydrogens (primary N) is 1. The summed E-state index contributed by atoms with van der Waals surface area (Å²) in [7, 11) is 0. The third-order valence-electron chi connectivity index (χ3n) is 2.34. The minimum Gasteiger partial charge on any atom is -0.418 e. The van der Waals surface area contributed by atoms with E-state index in [1.807, 2.05) is 18.2 Å². The lowest BCUT2D eigenvalue weighted by Gasteiger charge is -2.08. The van der Waals surface area contributed by atoms with Gasteiger partial charge in [-0.2, -0.15) is 0 Å². The van der Waals surface area contributed by atoms with Crippen molar-refractivity contribution in [1.82, 2.24) is 15.5 Å². The Kier molecular flexibility index (Phi) is 3.56. The normalized spacial score (nSPS) is 11.8. The van der Waals surface area contributed by atoms with E-state index in [-0.39, 0.29) is 11.8 Å². The lowest BCUT2D eigenvalue weighted by atomic mass is 10.2. The van der Waals surface area contributed by atoms with Crippen molar-refractivity contribution in [3.63, 3.8) is 0 Å². The molecule has 0 unspecified atom stereocenters. The molecule has 98 valence electrons. The molecule has 0 aliphatic carbocycles. The zero-order valence-electron chi connectivity index (χ0n) is 10.2. The van der Waals surface area contributed by atoms with Gasteiger partial charge in [-0.05, 0) is 12.1 Å². The Labute approximate surface area is 108 Å². The molecule has 7 nitrogen and oxygen atoms in total. The molecule has 7 heteroatoms. The molecule has 0 radical (unpaired) electrons. The second kappa shape index (κ2) is 5.30. The van der Waals surface area contributed by atoms with Gasteiger partial charge >= 0.3 is 0 Å². The number of hydrogen-bond donors (Lipinski definition) is 2. The smallest absolute Gasteiger partial charge is 0.249 e. The van der Waals surface area contributed by atoms with Gasteiger partial charge in [-0.1, -0.05) is 18.2 Å². The summed E-state index contributed by atoms with van der Waals surface area (Å²) >= 11 is 0. The van der Waals surface area contributed by atoms with Crippen molar-refractivity contribution in [3.8, 4) is 11.5 Å². The highest BCUT2D eigenvalue weighted by molar-refractivity contribution is 5.85. The SMILES string of the molecule is CC(=O)N[C@H](C(N)=O)c1nnc(-c2ccccc2)o1. The van der Waals surface area contributed by atoms with Crippen LogP contribution in [0.25, 0.3) is 11.5 Å². The highest BCUT2D eigenvalue weighted by atomic mass is 16.4. The van der Waals surface area contributed by atoms with Gasteiger partial charge in [-0.25, -0.2) is 0 Å². The van der Waals surface area contributed by atoms with E-state index in [4.69, 9.17) is 10.2 Å². The summed E-state index contributed by atoms with van der Waals surface area (Å²) in [6.45, 7) is 1.27. The first-order valence-corrected chi connectivity index (χ1v) is 5.53. The molecule has 2 aromatic rings. The van der Waals surface area contributed by atoms with Gasteiger partial charge < -0.3 is 15.5 Å². The quantitative estimate of drug-likeness (QED) is 0.826. The second-order valence-electron chi connectivity index (χ2n) is 3.85. The third kappa shape index (κ3) is 2.95. The maximum atomic E-state index is 11.3. The van der Waals surface area contributed by atoms with E-state index in [9.17, 15) is 9.59 Å². The van der Waals surface area contributed by atoms with Crippen molar-refractivity contribution in [2.24, 2.45) is 5.73 Å². The fourth-order valence-corrected chi connectivity index (χ4v) is 1.51. The summed E-state index contributed by atoms with van der Waals surface area (Å²) in [5.41, 5.74) is 5.90.